The number of halogens is 2. The first-order chi connectivity index (χ1) is 10.7. The molecule has 23 heavy (non-hydrogen) atoms. The number of carbonyl (C=O) groups excluding carboxylic acids is 2. The summed E-state index contributed by atoms with van der Waals surface area (Å²) in [5.41, 5.74) is 0.600. The Morgan fingerprint density at radius 2 is 2.00 bits per heavy atom. The fourth-order valence-electron chi connectivity index (χ4n) is 2.01. The van der Waals surface area contributed by atoms with E-state index in [9.17, 15) is 14.0 Å². The zero-order chi connectivity index (χ0) is 17.3. The molecule has 0 unspecified atom stereocenters. The zero-order valence-electron chi connectivity index (χ0n) is 13.1. The standard InChI is InChI=1S/C15H16ClFN4O2/c1-8-12(13(19-21(8)4)15(23)20(2)3)18-14(22)11-9(16)6-5-7-10(11)17/h5-7H,1-4H3,(H,18,22). The van der Waals surface area contributed by atoms with Gasteiger partial charge in [0.1, 0.15) is 5.82 Å². The van der Waals surface area contributed by atoms with Crippen LogP contribution in [0.3, 0.4) is 0 Å². The number of carbonyl (C=O) groups is 2. The second kappa shape index (κ2) is 6.37. The molecule has 0 aliphatic heterocycles. The molecule has 1 heterocycles. The van der Waals surface area contributed by atoms with Crippen LogP contribution in [0.1, 0.15) is 26.5 Å². The lowest BCUT2D eigenvalue weighted by Gasteiger charge is -2.11. The summed E-state index contributed by atoms with van der Waals surface area (Å²) in [6, 6.07) is 3.97. The first-order valence-electron chi connectivity index (χ1n) is 6.74. The Kier molecular flexibility index (Phi) is 4.70. The van der Waals surface area contributed by atoms with Crippen LogP contribution >= 0.6 is 11.6 Å². The van der Waals surface area contributed by atoms with Gasteiger partial charge in [-0.05, 0) is 19.1 Å². The third-order valence-corrected chi connectivity index (χ3v) is 3.69. The SMILES string of the molecule is Cc1c(NC(=O)c2c(F)cccc2Cl)c(C(=O)N(C)C)nn1C. The van der Waals surface area contributed by atoms with Crippen molar-refractivity contribution in [3.8, 4) is 0 Å². The van der Waals surface area contributed by atoms with E-state index >= 15 is 0 Å². The van der Waals surface area contributed by atoms with Crippen LogP contribution in [0.25, 0.3) is 0 Å². The molecule has 0 aliphatic carbocycles. The Labute approximate surface area is 137 Å². The van der Waals surface area contributed by atoms with Gasteiger partial charge in [-0.25, -0.2) is 4.39 Å². The molecule has 6 nitrogen and oxygen atoms in total. The molecule has 0 fully saturated rings. The molecule has 0 bridgehead atoms. The summed E-state index contributed by atoms with van der Waals surface area (Å²) in [6.45, 7) is 1.69. The first kappa shape index (κ1) is 17.0. The topological polar surface area (TPSA) is 67.2 Å². The third kappa shape index (κ3) is 3.19. The maximum absolute atomic E-state index is 13.9. The lowest BCUT2D eigenvalue weighted by molar-refractivity contribution is 0.0822. The van der Waals surface area contributed by atoms with Crippen molar-refractivity contribution in [2.45, 2.75) is 6.92 Å². The van der Waals surface area contributed by atoms with Gasteiger partial charge in [-0.15, -0.1) is 0 Å². The van der Waals surface area contributed by atoms with E-state index in [0.29, 0.717) is 5.69 Å². The Bertz CT molecular complexity index is 766. The molecule has 0 aliphatic rings. The Hall–Kier alpha value is -2.41. The number of aryl methyl sites for hydroxylation is 1. The number of anilines is 1. The van der Waals surface area contributed by atoms with Crippen LogP contribution in [0.5, 0.6) is 0 Å². The van der Waals surface area contributed by atoms with Gasteiger partial charge in [-0.1, -0.05) is 17.7 Å². The summed E-state index contributed by atoms with van der Waals surface area (Å²) < 4.78 is 15.3. The number of rotatable bonds is 3. The first-order valence-corrected chi connectivity index (χ1v) is 7.12. The molecule has 0 saturated heterocycles. The van der Waals surface area contributed by atoms with Crippen molar-refractivity contribution in [2.24, 2.45) is 7.05 Å². The highest BCUT2D eigenvalue weighted by Crippen LogP contribution is 2.24. The monoisotopic (exact) mass is 338 g/mol. The Balaban J connectivity index is 2.44. The maximum atomic E-state index is 13.9. The van der Waals surface area contributed by atoms with Crippen LogP contribution in [0.15, 0.2) is 18.2 Å². The molecule has 8 heteroatoms. The van der Waals surface area contributed by atoms with Gasteiger partial charge >= 0.3 is 0 Å². The maximum Gasteiger partial charge on any atom is 0.276 e. The van der Waals surface area contributed by atoms with E-state index in [1.807, 2.05) is 0 Å². The quantitative estimate of drug-likeness (QED) is 0.935. The number of hydrogen-bond donors (Lipinski definition) is 1. The fourth-order valence-corrected chi connectivity index (χ4v) is 2.26. The molecule has 122 valence electrons. The van der Waals surface area contributed by atoms with Crippen molar-refractivity contribution in [1.29, 1.82) is 0 Å². The van der Waals surface area contributed by atoms with E-state index in [-0.39, 0.29) is 27.9 Å². The minimum Gasteiger partial charge on any atom is -0.343 e. The molecule has 0 spiro atoms. The van der Waals surface area contributed by atoms with Gasteiger partial charge in [0.2, 0.25) is 0 Å². The largest absolute Gasteiger partial charge is 0.343 e. The molecular weight excluding hydrogens is 323 g/mol. The molecule has 2 aromatic rings. The number of benzene rings is 1. The van der Waals surface area contributed by atoms with Gasteiger partial charge in [0.15, 0.2) is 5.69 Å². The minimum absolute atomic E-state index is 0.00969. The van der Waals surface area contributed by atoms with Crippen molar-refractivity contribution >= 4 is 29.1 Å². The molecule has 2 rings (SSSR count). The molecule has 0 saturated carbocycles. The second-order valence-electron chi connectivity index (χ2n) is 5.18. The van der Waals surface area contributed by atoms with Crippen LogP contribution in [-0.2, 0) is 7.05 Å². The molecule has 2 amide bonds. The number of amides is 2. The second-order valence-corrected chi connectivity index (χ2v) is 5.59. The van der Waals surface area contributed by atoms with Crippen LogP contribution in [-0.4, -0.2) is 40.6 Å². The number of nitrogens with zero attached hydrogens (tertiary/aromatic N) is 3. The summed E-state index contributed by atoms with van der Waals surface area (Å²) in [5, 5.41) is 6.64. The van der Waals surface area contributed by atoms with Crippen LogP contribution in [0, 0.1) is 12.7 Å². The number of nitrogens with one attached hydrogen (secondary N) is 1. The van der Waals surface area contributed by atoms with Crippen molar-refractivity contribution in [1.82, 2.24) is 14.7 Å². The van der Waals surface area contributed by atoms with E-state index in [1.54, 1.807) is 28.1 Å². The Morgan fingerprint density at radius 1 is 1.35 bits per heavy atom. The summed E-state index contributed by atoms with van der Waals surface area (Å²) in [6.07, 6.45) is 0. The summed E-state index contributed by atoms with van der Waals surface area (Å²) in [5.74, 6) is -1.85. The minimum atomic E-state index is -0.739. The van der Waals surface area contributed by atoms with Crippen molar-refractivity contribution in [3.05, 3.63) is 46.0 Å². The predicted molar refractivity (Wildman–Crippen MR) is 85.3 cm³/mol. The molecule has 1 aromatic carbocycles. The zero-order valence-corrected chi connectivity index (χ0v) is 13.9. The van der Waals surface area contributed by atoms with Crippen molar-refractivity contribution in [2.75, 3.05) is 19.4 Å². The predicted octanol–water partition coefficient (Wildman–Crippen LogP) is 2.48. The normalized spacial score (nSPS) is 10.5. The van der Waals surface area contributed by atoms with Crippen LogP contribution in [0.4, 0.5) is 10.1 Å². The lowest BCUT2D eigenvalue weighted by Crippen LogP contribution is -2.24. The molecular formula is C15H16ClFN4O2. The third-order valence-electron chi connectivity index (χ3n) is 3.37. The van der Waals surface area contributed by atoms with Crippen molar-refractivity contribution < 1.29 is 14.0 Å². The molecule has 0 radical (unpaired) electrons. The smallest absolute Gasteiger partial charge is 0.276 e. The summed E-state index contributed by atoms with van der Waals surface area (Å²) in [7, 11) is 4.80. The van der Waals surface area contributed by atoms with Gasteiger partial charge in [0.25, 0.3) is 11.8 Å². The van der Waals surface area contributed by atoms with Gasteiger partial charge in [-0.2, -0.15) is 5.10 Å². The highest BCUT2D eigenvalue weighted by Gasteiger charge is 2.24. The van der Waals surface area contributed by atoms with E-state index in [0.717, 1.165) is 6.07 Å². The van der Waals surface area contributed by atoms with Gasteiger partial charge in [-0.3, -0.25) is 14.3 Å². The van der Waals surface area contributed by atoms with Gasteiger partial charge in [0.05, 0.1) is 22.0 Å². The average molecular weight is 339 g/mol. The van der Waals surface area contributed by atoms with E-state index in [4.69, 9.17) is 11.6 Å². The van der Waals surface area contributed by atoms with E-state index < -0.39 is 11.7 Å². The van der Waals surface area contributed by atoms with Gasteiger partial charge < -0.3 is 10.2 Å². The lowest BCUT2D eigenvalue weighted by atomic mass is 10.2. The fraction of sp³-hybridized carbons (Fsp3) is 0.267. The average Bonchev–Trinajstić information content (AvgIpc) is 2.74. The van der Waals surface area contributed by atoms with Crippen molar-refractivity contribution in [3.63, 3.8) is 0 Å². The summed E-state index contributed by atoms with van der Waals surface area (Å²) >= 11 is 5.89. The van der Waals surface area contributed by atoms with E-state index in [2.05, 4.69) is 10.4 Å². The molecule has 0 atom stereocenters. The van der Waals surface area contributed by atoms with E-state index in [1.165, 1.54) is 21.7 Å². The molecule has 1 aromatic heterocycles. The Morgan fingerprint density at radius 3 is 2.57 bits per heavy atom. The highest BCUT2D eigenvalue weighted by atomic mass is 35.5. The van der Waals surface area contributed by atoms with Gasteiger partial charge in [0, 0.05) is 21.1 Å². The molecule has 1 N–H and O–H groups in total. The number of aromatic nitrogens is 2. The van der Waals surface area contributed by atoms with Crippen LogP contribution in [0.2, 0.25) is 5.02 Å². The van der Waals surface area contributed by atoms with Crippen LogP contribution < -0.4 is 5.32 Å². The summed E-state index contributed by atoms with van der Waals surface area (Å²) in [4.78, 5) is 25.9. The number of hydrogen-bond acceptors (Lipinski definition) is 3. The highest BCUT2D eigenvalue weighted by molar-refractivity contribution is 6.34.